The topological polar surface area (TPSA) is 112 Å². The van der Waals surface area contributed by atoms with Gasteiger partial charge in [-0.3, -0.25) is 9.59 Å². The number of halogens is 1. The molecule has 0 atom stereocenters. The Labute approximate surface area is 210 Å². The third-order valence-electron chi connectivity index (χ3n) is 5.49. The highest BCUT2D eigenvalue weighted by molar-refractivity contribution is 6.30. The van der Waals surface area contributed by atoms with Gasteiger partial charge in [-0.25, -0.2) is 4.98 Å². The van der Waals surface area contributed by atoms with Crippen molar-refractivity contribution in [3.8, 4) is 28.6 Å². The molecule has 2 aromatic carbocycles. The first-order valence-electron chi connectivity index (χ1n) is 11.0. The predicted molar refractivity (Wildman–Crippen MR) is 136 cm³/mol. The number of nitrogens with one attached hydrogen (secondary N) is 1. The number of benzene rings is 2. The number of ether oxygens (including phenoxy) is 1. The second kappa shape index (κ2) is 9.63. The molecule has 1 amide bonds. The zero-order valence-corrected chi connectivity index (χ0v) is 20.1. The maximum absolute atomic E-state index is 13.3. The maximum atomic E-state index is 13.3. The van der Waals surface area contributed by atoms with E-state index in [1.807, 2.05) is 6.92 Å². The average Bonchev–Trinajstić information content (AvgIpc) is 3.36. The molecular formula is C26H20ClN5O4. The summed E-state index contributed by atoms with van der Waals surface area (Å²) < 4.78 is 12.2. The largest absolute Gasteiger partial charge is 0.497 e. The number of pyridine rings is 2. The molecular weight excluding hydrogens is 482 g/mol. The molecule has 3 aromatic heterocycles. The first-order valence-corrected chi connectivity index (χ1v) is 11.3. The average molecular weight is 502 g/mol. The molecule has 5 aromatic rings. The van der Waals surface area contributed by atoms with Crippen molar-refractivity contribution in [2.24, 2.45) is 0 Å². The minimum absolute atomic E-state index is 0.0365. The smallest absolute Gasteiger partial charge is 0.263 e. The Balaban J connectivity index is 1.53. The lowest BCUT2D eigenvalue weighted by molar-refractivity contribution is -0.116. The Kier molecular flexibility index (Phi) is 6.22. The molecule has 0 fully saturated rings. The molecule has 10 heteroatoms. The SMILES string of the molecule is COc1cccc(NC(=O)Cn2cc(-c3nc(-c4ccc(Cl)cc4)no3)c(=O)c3ccc(C)nc32)c1. The standard InChI is InChI=1S/C26H20ClN5O4/c1-15-6-11-20-23(34)21(26-30-24(31-36-26)16-7-9-17(27)10-8-16)13-32(25(20)28-15)14-22(33)29-18-4-3-5-19(12-18)35-2/h3-13H,14H2,1-2H3,(H,29,33). The molecule has 0 unspecified atom stereocenters. The van der Waals surface area contributed by atoms with Crippen LogP contribution in [0.5, 0.6) is 5.75 Å². The zero-order valence-electron chi connectivity index (χ0n) is 19.4. The van der Waals surface area contributed by atoms with E-state index in [4.69, 9.17) is 20.9 Å². The highest BCUT2D eigenvalue weighted by atomic mass is 35.5. The number of amides is 1. The monoisotopic (exact) mass is 501 g/mol. The maximum Gasteiger partial charge on any atom is 0.263 e. The second-order valence-electron chi connectivity index (χ2n) is 8.03. The van der Waals surface area contributed by atoms with Crippen molar-refractivity contribution in [1.29, 1.82) is 0 Å². The van der Waals surface area contributed by atoms with Crippen LogP contribution in [0.25, 0.3) is 33.9 Å². The van der Waals surface area contributed by atoms with Gasteiger partial charge >= 0.3 is 0 Å². The normalized spacial score (nSPS) is 11.0. The van der Waals surface area contributed by atoms with Crippen LogP contribution in [-0.4, -0.2) is 32.7 Å². The molecule has 0 bridgehead atoms. The third kappa shape index (κ3) is 4.69. The van der Waals surface area contributed by atoms with Crippen LogP contribution in [0, 0.1) is 6.92 Å². The van der Waals surface area contributed by atoms with E-state index in [1.165, 1.54) is 6.20 Å². The summed E-state index contributed by atoms with van der Waals surface area (Å²) >= 11 is 5.96. The van der Waals surface area contributed by atoms with Crippen molar-refractivity contribution in [3.63, 3.8) is 0 Å². The third-order valence-corrected chi connectivity index (χ3v) is 5.74. The van der Waals surface area contributed by atoms with Crippen LogP contribution < -0.4 is 15.5 Å². The summed E-state index contributed by atoms with van der Waals surface area (Å²) in [7, 11) is 1.55. The predicted octanol–water partition coefficient (Wildman–Crippen LogP) is 4.72. The summed E-state index contributed by atoms with van der Waals surface area (Å²) in [5.74, 6) is 0.656. The van der Waals surface area contributed by atoms with Crippen LogP contribution in [0.15, 0.2) is 76.2 Å². The Morgan fingerprint density at radius 3 is 2.69 bits per heavy atom. The quantitative estimate of drug-likeness (QED) is 0.358. The molecule has 0 radical (unpaired) electrons. The van der Waals surface area contributed by atoms with Gasteiger partial charge in [0.1, 0.15) is 23.5 Å². The lowest BCUT2D eigenvalue weighted by Crippen LogP contribution is -2.22. The molecule has 0 saturated heterocycles. The number of methoxy groups -OCH3 is 1. The van der Waals surface area contributed by atoms with Crippen molar-refractivity contribution in [1.82, 2.24) is 19.7 Å². The van der Waals surface area contributed by atoms with Crippen molar-refractivity contribution in [2.75, 3.05) is 12.4 Å². The van der Waals surface area contributed by atoms with E-state index in [9.17, 15) is 9.59 Å². The van der Waals surface area contributed by atoms with Crippen molar-refractivity contribution >= 4 is 34.2 Å². The fourth-order valence-electron chi connectivity index (χ4n) is 3.74. The van der Waals surface area contributed by atoms with Gasteiger partial charge in [-0.05, 0) is 55.5 Å². The van der Waals surface area contributed by atoms with Crippen molar-refractivity contribution in [2.45, 2.75) is 13.5 Å². The van der Waals surface area contributed by atoms with Gasteiger partial charge in [0.15, 0.2) is 0 Å². The summed E-state index contributed by atoms with van der Waals surface area (Å²) in [5, 5.41) is 7.76. The number of carbonyl (C=O) groups is 1. The van der Waals surface area contributed by atoms with Crippen LogP contribution >= 0.6 is 11.6 Å². The molecule has 0 aliphatic carbocycles. The first-order chi connectivity index (χ1) is 17.4. The number of nitrogens with zero attached hydrogens (tertiary/aromatic N) is 4. The lowest BCUT2D eigenvalue weighted by Gasteiger charge is -2.13. The van der Waals surface area contributed by atoms with Gasteiger partial charge < -0.3 is 19.1 Å². The van der Waals surface area contributed by atoms with Crippen LogP contribution in [-0.2, 0) is 11.3 Å². The van der Waals surface area contributed by atoms with Crippen LogP contribution in [0.2, 0.25) is 5.02 Å². The molecule has 36 heavy (non-hydrogen) atoms. The molecule has 9 nitrogen and oxygen atoms in total. The fraction of sp³-hybridized carbons (Fsp3) is 0.115. The number of carbonyl (C=O) groups excluding carboxylic acids is 1. The zero-order chi connectivity index (χ0) is 25.2. The summed E-state index contributed by atoms with van der Waals surface area (Å²) in [6, 6.07) is 17.4. The molecule has 1 N–H and O–H groups in total. The highest BCUT2D eigenvalue weighted by Crippen LogP contribution is 2.24. The van der Waals surface area contributed by atoms with Crippen molar-refractivity contribution in [3.05, 3.63) is 87.8 Å². The lowest BCUT2D eigenvalue weighted by atomic mass is 10.1. The minimum atomic E-state index is -0.326. The number of hydrogen-bond donors (Lipinski definition) is 1. The molecule has 3 heterocycles. The van der Waals surface area contributed by atoms with E-state index in [2.05, 4.69) is 20.4 Å². The number of aryl methyl sites for hydroxylation is 1. The molecule has 5 rings (SSSR count). The first kappa shape index (κ1) is 23.3. The molecule has 0 spiro atoms. The Hall–Kier alpha value is -4.50. The van der Waals surface area contributed by atoms with Crippen molar-refractivity contribution < 1.29 is 14.1 Å². The van der Waals surface area contributed by atoms with E-state index < -0.39 is 0 Å². The van der Waals surface area contributed by atoms with Gasteiger partial charge in [0.25, 0.3) is 5.89 Å². The molecule has 0 aliphatic rings. The number of anilines is 1. The van der Waals surface area contributed by atoms with E-state index in [0.29, 0.717) is 44.6 Å². The Bertz CT molecular complexity index is 1640. The number of rotatable bonds is 6. The van der Waals surface area contributed by atoms with Crippen LogP contribution in [0.3, 0.4) is 0 Å². The molecule has 0 aliphatic heterocycles. The van der Waals surface area contributed by atoms with Gasteiger partial charge in [0, 0.05) is 34.2 Å². The van der Waals surface area contributed by atoms with Gasteiger partial charge in [-0.15, -0.1) is 0 Å². The Morgan fingerprint density at radius 1 is 1.11 bits per heavy atom. The number of fused-ring (bicyclic) bond motifs is 1. The van der Waals surface area contributed by atoms with E-state index in [1.54, 1.807) is 72.3 Å². The van der Waals surface area contributed by atoms with Gasteiger partial charge in [-0.2, -0.15) is 4.98 Å². The molecule has 0 saturated carbocycles. The van der Waals surface area contributed by atoms with E-state index in [0.717, 1.165) is 0 Å². The van der Waals surface area contributed by atoms with E-state index >= 15 is 0 Å². The van der Waals surface area contributed by atoms with E-state index in [-0.39, 0.29) is 29.3 Å². The summed E-state index contributed by atoms with van der Waals surface area (Å²) in [4.78, 5) is 35.1. The summed E-state index contributed by atoms with van der Waals surface area (Å²) in [6.07, 6.45) is 1.52. The number of hydrogen-bond acceptors (Lipinski definition) is 7. The molecule has 180 valence electrons. The van der Waals surface area contributed by atoms with Gasteiger partial charge in [0.2, 0.25) is 17.2 Å². The summed E-state index contributed by atoms with van der Waals surface area (Å²) in [6.45, 7) is 1.71. The van der Waals surface area contributed by atoms with Gasteiger partial charge in [-0.1, -0.05) is 22.8 Å². The van der Waals surface area contributed by atoms with Crippen LogP contribution in [0.4, 0.5) is 5.69 Å². The minimum Gasteiger partial charge on any atom is -0.497 e. The highest BCUT2D eigenvalue weighted by Gasteiger charge is 2.19. The Morgan fingerprint density at radius 2 is 1.92 bits per heavy atom. The van der Waals surface area contributed by atoms with Crippen LogP contribution in [0.1, 0.15) is 5.69 Å². The fourth-order valence-corrected chi connectivity index (χ4v) is 3.86. The second-order valence-corrected chi connectivity index (χ2v) is 8.47. The summed E-state index contributed by atoms with van der Waals surface area (Å²) in [5.41, 5.74) is 2.19. The number of aromatic nitrogens is 4. The van der Waals surface area contributed by atoms with Gasteiger partial charge in [0.05, 0.1) is 12.5 Å².